The number of Topliss-reactive ketones (excluding diaryl/α,β-unsaturated/α-hetero) is 1. The summed E-state index contributed by atoms with van der Waals surface area (Å²) in [5.41, 5.74) is 9.30. The highest BCUT2D eigenvalue weighted by atomic mass is 35.5. The van der Waals surface area contributed by atoms with E-state index in [0.29, 0.717) is 51.7 Å². The Kier molecular flexibility index (Phi) is 6.07. The van der Waals surface area contributed by atoms with Gasteiger partial charge in [-0.1, -0.05) is 29.8 Å². The van der Waals surface area contributed by atoms with E-state index in [4.69, 9.17) is 22.1 Å². The molecule has 0 fully saturated rings. The Morgan fingerprint density at radius 1 is 1.30 bits per heavy atom. The molecule has 8 nitrogen and oxygen atoms in total. The highest BCUT2D eigenvalue weighted by molar-refractivity contribution is 6.32. The van der Waals surface area contributed by atoms with Gasteiger partial charge in [0.25, 0.3) is 5.69 Å². The molecule has 0 bridgehead atoms. The fraction of sp³-hybridized carbons (Fsp3) is 0.250. The quantitative estimate of drug-likeness (QED) is 0.508. The molecule has 0 saturated carbocycles. The number of ether oxygens (including phenoxy) is 1. The lowest BCUT2D eigenvalue weighted by Gasteiger charge is -2.37. The molecule has 0 unspecified atom stereocenters. The fourth-order valence-corrected chi connectivity index (χ4v) is 4.57. The van der Waals surface area contributed by atoms with Gasteiger partial charge in [0.1, 0.15) is 18.2 Å². The number of hydrogen-bond acceptors (Lipinski definition) is 7. The summed E-state index contributed by atoms with van der Waals surface area (Å²) in [7, 11) is 1.77. The molecule has 0 amide bonds. The second kappa shape index (κ2) is 8.96. The second-order valence-electron chi connectivity index (χ2n) is 7.95. The SMILES string of the molecule is CN1C(N)=C(C#N)[C@H](c2ccc(OCc3cccc([N+](=O)[O-])c3)c(Cl)c2)C2=C1CCCC2=O. The molecule has 0 spiro atoms. The highest BCUT2D eigenvalue weighted by Crippen LogP contribution is 2.45. The van der Waals surface area contributed by atoms with Gasteiger partial charge in [-0.05, 0) is 36.1 Å². The fourth-order valence-electron chi connectivity index (χ4n) is 4.33. The van der Waals surface area contributed by atoms with Crippen LogP contribution in [0, 0.1) is 21.4 Å². The minimum Gasteiger partial charge on any atom is -0.487 e. The van der Waals surface area contributed by atoms with E-state index in [-0.39, 0.29) is 18.1 Å². The van der Waals surface area contributed by atoms with Crippen LogP contribution in [-0.4, -0.2) is 22.7 Å². The minimum absolute atomic E-state index is 0.00970. The van der Waals surface area contributed by atoms with Gasteiger partial charge in [-0.25, -0.2) is 0 Å². The molecular weight excluding hydrogens is 444 g/mol. The molecule has 0 aromatic heterocycles. The van der Waals surface area contributed by atoms with Gasteiger partial charge in [-0.2, -0.15) is 5.26 Å². The number of nitrogens with zero attached hydrogens (tertiary/aromatic N) is 3. The Bertz CT molecular complexity index is 1260. The number of carbonyl (C=O) groups excluding carboxylic acids is 1. The van der Waals surface area contributed by atoms with Crippen LogP contribution in [0.2, 0.25) is 5.02 Å². The first-order chi connectivity index (χ1) is 15.8. The Balaban J connectivity index is 1.64. The molecule has 2 aromatic carbocycles. The highest BCUT2D eigenvalue weighted by Gasteiger charge is 2.38. The predicted molar refractivity (Wildman–Crippen MR) is 122 cm³/mol. The Morgan fingerprint density at radius 2 is 2.09 bits per heavy atom. The number of benzene rings is 2. The summed E-state index contributed by atoms with van der Waals surface area (Å²) < 4.78 is 5.78. The molecule has 4 rings (SSSR count). The first-order valence-electron chi connectivity index (χ1n) is 10.4. The van der Waals surface area contributed by atoms with E-state index in [1.165, 1.54) is 12.1 Å². The predicted octanol–water partition coefficient (Wildman–Crippen LogP) is 4.56. The van der Waals surface area contributed by atoms with Crippen LogP contribution in [0.25, 0.3) is 0 Å². The van der Waals surface area contributed by atoms with Gasteiger partial charge in [-0.3, -0.25) is 14.9 Å². The number of rotatable bonds is 5. The molecule has 9 heteroatoms. The Hall–Kier alpha value is -3.83. The number of hydrogen-bond donors (Lipinski definition) is 1. The molecule has 2 aliphatic rings. The van der Waals surface area contributed by atoms with E-state index in [0.717, 1.165) is 12.1 Å². The number of non-ortho nitro benzene ring substituents is 1. The van der Waals surface area contributed by atoms with Gasteiger partial charge in [0.05, 0.1) is 27.5 Å². The summed E-state index contributed by atoms with van der Waals surface area (Å²) in [6.45, 7) is 0.0963. The van der Waals surface area contributed by atoms with Crippen molar-refractivity contribution < 1.29 is 14.5 Å². The minimum atomic E-state index is -0.586. The third kappa shape index (κ3) is 4.15. The van der Waals surface area contributed by atoms with Crippen molar-refractivity contribution in [2.45, 2.75) is 31.8 Å². The van der Waals surface area contributed by atoms with Crippen LogP contribution in [0.5, 0.6) is 5.75 Å². The van der Waals surface area contributed by atoms with Crippen LogP contribution in [-0.2, 0) is 11.4 Å². The average molecular weight is 465 g/mol. The van der Waals surface area contributed by atoms with Crippen LogP contribution in [0.4, 0.5) is 5.69 Å². The van der Waals surface area contributed by atoms with Crippen molar-refractivity contribution >= 4 is 23.1 Å². The van der Waals surface area contributed by atoms with Gasteiger partial charge < -0.3 is 15.4 Å². The molecule has 1 atom stereocenters. The lowest BCUT2D eigenvalue weighted by Crippen LogP contribution is -2.36. The maximum absolute atomic E-state index is 12.8. The molecule has 2 N–H and O–H groups in total. The number of nitriles is 1. The van der Waals surface area contributed by atoms with Crippen LogP contribution in [0.1, 0.15) is 36.3 Å². The summed E-state index contributed by atoms with van der Waals surface area (Å²) in [4.78, 5) is 25.1. The van der Waals surface area contributed by atoms with Crippen molar-refractivity contribution in [3.8, 4) is 11.8 Å². The Morgan fingerprint density at radius 3 is 2.79 bits per heavy atom. The van der Waals surface area contributed by atoms with E-state index in [1.54, 1.807) is 42.3 Å². The summed E-state index contributed by atoms with van der Waals surface area (Å²) in [6.07, 6.45) is 1.89. The Labute approximate surface area is 195 Å². The second-order valence-corrected chi connectivity index (χ2v) is 8.35. The monoisotopic (exact) mass is 464 g/mol. The van der Waals surface area contributed by atoms with E-state index in [9.17, 15) is 20.2 Å². The van der Waals surface area contributed by atoms with Crippen molar-refractivity contribution in [3.63, 3.8) is 0 Å². The zero-order valence-corrected chi connectivity index (χ0v) is 18.6. The van der Waals surface area contributed by atoms with Gasteiger partial charge in [-0.15, -0.1) is 0 Å². The van der Waals surface area contributed by atoms with E-state index in [1.807, 2.05) is 0 Å². The third-order valence-electron chi connectivity index (χ3n) is 5.97. The molecule has 168 valence electrons. The molecule has 1 aliphatic carbocycles. The van der Waals surface area contributed by atoms with Crippen molar-refractivity contribution in [2.75, 3.05) is 7.05 Å². The van der Waals surface area contributed by atoms with Crippen molar-refractivity contribution in [1.29, 1.82) is 5.26 Å². The van der Waals surface area contributed by atoms with E-state index >= 15 is 0 Å². The molecule has 1 heterocycles. The smallest absolute Gasteiger partial charge is 0.269 e. The summed E-state index contributed by atoms with van der Waals surface area (Å²) in [5.74, 6) is 0.144. The topological polar surface area (TPSA) is 122 Å². The van der Waals surface area contributed by atoms with Crippen molar-refractivity contribution in [1.82, 2.24) is 4.90 Å². The standard InChI is InChI=1S/C24H21ClN4O4/c1-28-19-6-3-7-20(30)23(19)22(17(12-26)24(28)27)15-8-9-21(18(25)11-15)33-13-14-4-2-5-16(10-14)29(31)32/h2,4-5,8-11,22H,3,6-7,13,27H2,1H3/t22-/m0/s1. The van der Waals surface area contributed by atoms with E-state index < -0.39 is 10.8 Å². The lowest BCUT2D eigenvalue weighted by molar-refractivity contribution is -0.384. The number of allylic oxidation sites excluding steroid dienone is 3. The average Bonchev–Trinajstić information content (AvgIpc) is 2.81. The maximum atomic E-state index is 12.8. The number of nitro groups is 1. The molecular formula is C24H21ClN4O4. The van der Waals surface area contributed by atoms with Gasteiger partial charge in [0.15, 0.2) is 5.78 Å². The first-order valence-corrected chi connectivity index (χ1v) is 10.7. The van der Waals surface area contributed by atoms with Crippen LogP contribution in [0.3, 0.4) is 0 Å². The van der Waals surface area contributed by atoms with Gasteiger partial charge in [0.2, 0.25) is 0 Å². The van der Waals surface area contributed by atoms with Crippen LogP contribution in [0.15, 0.2) is 65.1 Å². The number of halogens is 1. The zero-order chi connectivity index (χ0) is 23.7. The number of nitrogens with two attached hydrogens (primary N) is 1. The first kappa shape index (κ1) is 22.4. The lowest BCUT2D eigenvalue weighted by atomic mass is 9.76. The zero-order valence-electron chi connectivity index (χ0n) is 17.9. The summed E-state index contributed by atoms with van der Waals surface area (Å²) in [5, 5.41) is 21.1. The molecule has 2 aromatic rings. The molecule has 0 saturated heterocycles. The van der Waals surface area contributed by atoms with E-state index in [2.05, 4.69) is 6.07 Å². The summed E-state index contributed by atoms with van der Waals surface area (Å²) in [6, 6.07) is 13.5. The number of ketones is 1. The van der Waals surface area contributed by atoms with Gasteiger partial charge >= 0.3 is 0 Å². The van der Waals surface area contributed by atoms with Crippen LogP contribution < -0.4 is 10.5 Å². The van der Waals surface area contributed by atoms with Gasteiger partial charge in [0, 0.05) is 36.9 Å². The van der Waals surface area contributed by atoms with Crippen LogP contribution >= 0.6 is 11.6 Å². The number of nitro benzene ring substituents is 1. The van der Waals surface area contributed by atoms with Crippen molar-refractivity contribution in [2.24, 2.45) is 5.73 Å². The largest absolute Gasteiger partial charge is 0.487 e. The molecule has 1 aliphatic heterocycles. The normalized spacial score (nSPS) is 18.2. The molecule has 0 radical (unpaired) electrons. The third-order valence-corrected chi connectivity index (χ3v) is 6.27. The maximum Gasteiger partial charge on any atom is 0.269 e. The van der Waals surface area contributed by atoms with Crippen molar-refractivity contribution in [3.05, 3.63) is 91.4 Å². The summed E-state index contributed by atoms with van der Waals surface area (Å²) >= 11 is 6.49. The molecule has 33 heavy (non-hydrogen) atoms. The number of carbonyl (C=O) groups is 1.